The highest BCUT2D eigenvalue weighted by Gasteiger charge is 2.29. The van der Waals surface area contributed by atoms with Gasteiger partial charge in [0.25, 0.3) is 0 Å². The van der Waals surface area contributed by atoms with Gasteiger partial charge in [-0.15, -0.1) is 0 Å². The van der Waals surface area contributed by atoms with Gasteiger partial charge in [0.05, 0.1) is 20.8 Å². The van der Waals surface area contributed by atoms with Crippen molar-refractivity contribution >= 4 is 44.0 Å². The predicted molar refractivity (Wildman–Crippen MR) is 79.1 cm³/mol. The van der Waals surface area contributed by atoms with Gasteiger partial charge in [0, 0.05) is 6.42 Å². The fraction of sp³-hybridized carbons (Fsp3) is 0.417. The van der Waals surface area contributed by atoms with Crippen molar-refractivity contribution in [2.75, 3.05) is 16.8 Å². The monoisotopic (exact) mass is 397 g/mol. The van der Waals surface area contributed by atoms with Gasteiger partial charge in [0.1, 0.15) is 5.82 Å². The zero-order chi connectivity index (χ0) is 14.0. The summed E-state index contributed by atoms with van der Waals surface area (Å²) >= 11 is 1.82. The highest BCUT2D eigenvalue weighted by molar-refractivity contribution is 14.1. The number of halogens is 2. The minimum Gasteiger partial charge on any atom is -0.325 e. The topological polar surface area (TPSA) is 63.2 Å². The molecule has 1 saturated heterocycles. The van der Waals surface area contributed by atoms with Crippen LogP contribution in [0.25, 0.3) is 0 Å². The van der Waals surface area contributed by atoms with Crippen LogP contribution in [-0.4, -0.2) is 25.8 Å². The van der Waals surface area contributed by atoms with E-state index in [1.165, 1.54) is 12.1 Å². The van der Waals surface area contributed by atoms with E-state index in [4.69, 9.17) is 0 Å². The van der Waals surface area contributed by atoms with Crippen molar-refractivity contribution in [3.05, 3.63) is 27.6 Å². The zero-order valence-electron chi connectivity index (χ0n) is 10.0. The molecule has 19 heavy (non-hydrogen) atoms. The number of hydrogen-bond donors (Lipinski definition) is 1. The smallest absolute Gasteiger partial charge is 0.224 e. The number of hydrogen-bond acceptors (Lipinski definition) is 3. The van der Waals surface area contributed by atoms with E-state index in [2.05, 4.69) is 5.32 Å². The lowest BCUT2D eigenvalue weighted by molar-refractivity contribution is -0.116. The lowest BCUT2D eigenvalue weighted by Crippen LogP contribution is -2.18. The van der Waals surface area contributed by atoms with Crippen molar-refractivity contribution < 1.29 is 17.6 Å². The molecule has 0 spiro atoms. The Morgan fingerprint density at radius 3 is 2.84 bits per heavy atom. The highest BCUT2D eigenvalue weighted by atomic mass is 127. The van der Waals surface area contributed by atoms with Crippen LogP contribution < -0.4 is 5.32 Å². The molecule has 4 nitrogen and oxygen atoms in total. The Hall–Kier alpha value is -0.700. The van der Waals surface area contributed by atoms with Gasteiger partial charge in [0.15, 0.2) is 9.84 Å². The van der Waals surface area contributed by atoms with Gasteiger partial charge >= 0.3 is 0 Å². The van der Waals surface area contributed by atoms with Crippen molar-refractivity contribution in [1.29, 1.82) is 0 Å². The lowest BCUT2D eigenvalue weighted by atomic mass is 10.1. The average molecular weight is 397 g/mol. The molecular formula is C12H13FINO3S. The largest absolute Gasteiger partial charge is 0.325 e. The van der Waals surface area contributed by atoms with Gasteiger partial charge in [-0.25, -0.2) is 12.8 Å². The molecule has 1 aromatic rings. The van der Waals surface area contributed by atoms with Crippen LogP contribution in [0.1, 0.15) is 12.8 Å². The summed E-state index contributed by atoms with van der Waals surface area (Å²) in [5.74, 6) is -0.563. The maximum absolute atomic E-state index is 13.3. The molecule has 1 aromatic carbocycles. The number of anilines is 1. The van der Waals surface area contributed by atoms with E-state index < -0.39 is 9.84 Å². The number of carbonyl (C=O) groups is 1. The van der Waals surface area contributed by atoms with Gasteiger partial charge < -0.3 is 5.32 Å². The fourth-order valence-corrected chi connectivity index (χ4v) is 4.45. The predicted octanol–water partition coefficient (Wildman–Crippen LogP) is 2.19. The quantitative estimate of drug-likeness (QED) is 0.796. The second kappa shape index (κ2) is 5.74. The van der Waals surface area contributed by atoms with Gasteiger partial charge in [-0.2, -0.15) is 0 Å². The molecule has 0 aliphatic carbocycles. The highest BCUT2D eigenvalue weighted by Crippen LogP contribution is 2.24. The Bertz CT molecular complexity index is 603. The van der Waals surface area contributed by atoms with Gasteiger partial charge in [0.2, 0.25) is 5.91 Å². The van der Waals surface area contributed by atoms with Gasteiger partial charge in [-0.3, -0.25) is 4.79 Å². The van der Waals surface area contributed by atoms with Crippen molar-refractivity contribution in [3.8, 4) is 0 Å². The summed E-state index contributed by atoms with van der Waals surface area (Å²) in [5, 5.41) is 2.62. The first kappa shape index (κ1) is 14.7. The summed E-state index contributed by atoms with van der Waals surface area (Å²) in [6, 6.07) is 4.46. The molecule has 7 heteroatoms. The molecule has 1 heterocycles. The lowest BCUT2D eigenvalue weighted by Gasteiger charge is -2.10. The number of benzene rings is 1. The minimum atomic E-state index is -2.97. The molecule has 104 valence electrons. The van der Waals surface area contributed by atoms with E-state index >= 15 is 0 Å². The first-order valence-corrected chi connectivity index (χ1v) is 8.72. The second-order valence-electron chi connectivity index (χ2n) is 4.62. The second-order valence-corrected chi connectivity index (χ2v) is 7.93. The number of amides is 1. The Labute approximate surface area is 124 Å². The summed E-state index contributed by atoms with van der Waals surface area (Å²) < 4.78 is 36.2. The summed E-state index contributed by atoms with van der Waals surface area (Å²) in [6.45, 7) is 0. The number of carbonyl (C=O) groups excluding carboxylic acids is 1. The van der Waals surface area contributed by atoms with Crippen LogP contribution in [0.5, 0.6) is 0 Å². The van der Waals surface area contributed by atoms with Crippen LogP contribution in [-0.2, 0) is 14.6 Å². The normalized spacial score (nSPS) is 21.3. The van der Waals surface area contributed by atoms with Crippen molar-refractivity contribution in [1.82, 2.24) is 0 Å². The van der Waals surface area contributed by atoms with E-state index in [1.54, 1.807) is 6.07 Å². The molecule has 1 aliphatic heterocycles. The molecule has 1 amide bonds. The standard InChI is InChI=1S/C12H13FINO3S/c13-9-2-1-3-10(12(9)14)15-11(16)6-8-4-5-19(17,18)7-8/h1-3,8H,4-7H2,(H,15,16). The Kier molecular flexibility index (Phi) is 4.44. The molecular weight excluding hydrogens is 384 g/mol. The van der Waals surface area contributed by atoms with Crippen LogP contribution >= 0.6 is 22.6 Å². The first-order chi connectivity index (χ1) is 8.87. The third kappa shape index (κ3) is 3.88. The molecule has 1 aliphatic rings. The van der Waals surface area contributed by atoms with Crippen LogP contribution in [0.4, 0.5) is 10.1 Å². The van der Waals surface area contributed by atoms with Crippen molar-refractivity contribution in [3.63, 3.8) is 0 Å². The van der Waals surface area contributed by atoms with E-state index in [1.807, 2.05) is 22.6 Å². The third-order valence-electron chi connectivity index (χ3n) is 3.03. The molecule has 1 unspecified atom stereocenters. The summed E-state index contributed by atoms with van der Waals surface area (Å²) in [4.78, 5) is 11.8. The molecule has 1 N–H and O–H groups in total. The molecule has 0 saturated carbocycles. The van der Waals surface area contributed by atoms with Crippen molar-refractivity contribution in [2.45, 2.75) is 12.8 Å². The van der Waals surface area contributed by atoms with E-state index in [0.29, 0.717) is 15.7 Å². The molecule has 1 fully saturated rings. The van der Waals surface area contributed by atoms with Gasteiger partial charge in [-0.05, 0) is 47.1 Å². The first-order valence-electron chi connectivity index (χ1n) is 5.82. The average Bonchev–Trinajstić information content (AvgIpc) is 2.64. The van der Waals surface area contributed by atoms with E-state index in [0.717, 1.165) is 0 Å². The van der Waals surface area contributed by atoms with Gasteiger partial charge in [-0.1, -0.05) is 6.07 Å². The number of nitrogens with one attached hydrogen (secondary N) is 1. The van der Waals surface area contributed by atoms with Crippen LogP contribution in [0.15, 0.2) is 18.2 Å². The fourth-order valence-electron chi connectivity index (χ4n) is 2.10. The Morgan fingerprint density at radius 1 is 1.47 bits per heavy atom. The van der Waals surface area contributed by atoms with Crippen molar-refractivity contribution in [2.24, 2.45) is 5.92 Å². The van der Waals surface area contributed by atoms with Crippen LogP contribution in [0, 0.1) is 15.3 Å². The zero-order valence-corrected chi connectivity index (χ0v) is 13.0. The number of sulfone groups is 1. The van der Waals surface area contributed by atoms with Crippen LogP contribution in [0.3, 0.4) is 0 Å². The molecule has 1 atom stereocenters. The molecule has 0 aromatic heterocycles. The Morgan fingerprint density at radius 2 is 2.21 bits per heavy atom. The minimum absolute atomic E-state index is 0.0701. The van der Waals surface area contributed by atoms with Crippen LogP contribution in [0.2, 0.25) is 0 Å². The van der Waals surface area contributed by atoms with E-state index in [9.17, 15) is 17.6 Å². The maximum atomic E-state index is 13.3. The summed E-state index contributed by atoms with van der Waals surface area (Å²) in [6.07, 6.45) is 0.682. The summed E-state index contributed by atoms with van der Waals surface area (Å²) in [5.41, 5.74) is 0.423. The molecule has 2 rings (SSSR count). The SMILES string of the molecule is O=C(CC1CCS(=O)(=O)C1)Nc1cccc(F)c1I. The summed E-state index contributed by atoms with van der Waals surface area (Å²) in [7, 11) is -2.97. The number of rotatable bonds is 3. The Balaban J connectivity index is 1.97. The third-order valence-corrected chi connectivity index (χ3v) is 5.96. The molecule has 0 bridgehead atoms. The molecule has 0 radical (unpaired) electrons. The maximum Gasteiger partial charge on any atom is 0.224 e. The van der Waals surface area contributed by atoms with E-state index in [-0.39, 0.29) is 35.6 Å².